The van der Waals surface area contributed by atoms with Crippen molar-refractivity contribution in [3.05, 3.63) is 42.0 Å². The van der Waals surface area contributed by atoms with Crippen LogP contribution in [0.4, 0.5) is 0 Å². The monoisotopic (exact) mass is 260 g/mol. The van der Waals surface area contributed by atoms with Crippen molar-refractivity contribution in [2.75, 3.05) is 13.2 Å². The second-order valence-electron chi connectivity index (χ2n) is 5.06. The largest absolute Gasteiger partial charge is 0.344 e. The molecule has 0 N–H and O–H groups in total. The van der Waals surface area contributed by atoms with Crippen LogP contribution in [0.1, 0.15) is 44.6 Å². The standard InChI is InChI=1S/C17H24O2/c1-2-3-4-8-12-17(18-14-15-19-17)13-11-16-9-6-5-7-10-16/h5-7,9-11,13H,2-4,8,12,14-15H2,1H3/b13-11-. The Labute approximate surface area is 116 Å². The zero-order chi connectivity index (χ0) is 13.4. The first-order valence-electron chi connectivity index (χ1n) is 7.37. The fraction of sp³-hybridized carbons (Fsp3) is 0.529. The first kappa shape index (κ1) is 14.3. The maximum Gasteiger partial charge on any atom is 0.188 e. The Hall–Kier alpha value is -1.12. The SMILES string of the molecule is CCCCCCC1(/C=C\c2ccccc2)OCCO1. The maximum atomic E-state index is 5.83. The highest BCUT2D eigenvalue weighted by atomic mass is 16.7. The Balaban J connectivity index is 1.93. The van der Waals surface area contributed by atoms with E-state index in [1.165, 1.54) is 24.8 Å². The molecular formula is C17H24O2. The third kappa shape index (κ3) is 4.48. The van der Waals surface area contributed by atoms with Crippen LogP contribution >= 0.6 is 0 Å². The van der Waals surface area contributed by atoms with Crippen molar-refractivity contribution in [2.24, 2.45) is 0 Å². The Morgan fingerprint density at radius 2 is 1.79 bits per heavy atom. The minimum Gasteiger partial charge on any atom is -0.344 e. The zero-order valence-electron chi connectivity index (χ0n) is 11.8. The number of benzene rings is 1. The van der Waals surface area contributed by atoms with Crippen molar-refractivity contribution in [3.63, 3.8) is 0 Å². The molecule has 2 rings (SSSR count). The van der Waals surface area contributed by atoms with Gasteiger partial charge in [-0.05, 0) is 18.1 Å². The van der Waals surface area contributed by atoms with Crippen LogP contribution in [0.25, 0.3) is 6.08 Å². The van der Waals surface area contributed by atoms with E-state index in [0.29, 0.717) is 13.2 Å². The summed E-state index contributed by atoms with van der Waals surface area (Å²) in [5.74, 6) is -0.483. The van der Waals surface area contributed by atoms with E-state index in [2.05, 4.69) is 31.2 Å². The molecule has 0 aromatic heterocycles. The number of unbranched alkanes of at least 4 members (excludes halogenated alkanes) is 3. The molecule has 1 aliphatic heterocycles. The molecule has 19 heavy (non-hydrogen) atoms. The molecule has 1 heterocycles. The molecule has 0 saturated carbocycles. The highest BCUT2D eigenvalue weighted by Gasteiger charge is 2.32. The summed E-state index contributed by atoms with van der Waals surface area (Å²) < 4.78 is 11.7. The summed E-state index contributed by atoms with van der Waals surface area (Å²) in [4.78, 5) is 0. The Kier molecular flexibility index (Phi) is 5.62. The average molecular weight is 260 g/mol. The topological polar surface area (TPSA) is 18.5 Å². The van der Waals surface area contributed by atoms with E-state index in [9.17, 15) is 0 Å². The average Bonchev–Trinajstić information content (AvgIpc) is 2.92. The van der Waals surface area contributed by atoms with E-state index < -0.39 is 5.79 Å². The molecule has 1 saturated heterocycles. The first-order chi connectivity index (χ1) is 9.35. The summed E-state index contributed by atoms with van der Waals surface area (Å²) in [5, 5.41) is 0. The van der Waals surface area contributed by atoms with E-state index in [-0.39, 0.29) is 0 Å². The normalized spacial score (nSPS) is 18.2. The number of hydrogen-bond donors (Lipinski definition) is 0. The van der Waals surface area contributed by atoms with Crippen molar-refractivity contribution in [2.45, 2.75) is 44.8 Å². The summed E-state index contributed by atoms with van der Waals surface area (Å²) in [7, 11) is 0. The molecule has 1 aliphatic rings. The number of ether oxygens (including phenoxy) is 2. The Morgan fingerprint density at radius 3 is 2.47 bits per heavy atom. The second-order valence-corrected chi connectivity index (χ2v) is 5.06. The Bertz CT molecular complexity index is 378. The van der Waals surface area contributed by atoms with Gasteiger partial charge in [0.05, 0.1) is 13.2 Å². The second kappa shape index (κ2) is 7.46. The smallest absolute Gasteiger partial charge is 0.188 e. The van der Waals surface area contributed by atoms with Crippen molar-refractivity contribution in [1.29, 1.82) is 0 Å². The quantitative estimate of drug-likeness (QED) is 0.676. The Morgan fingerprint density at radius 1 is 1.05 bits per heavy atom. The zero-order valence-corrected chi connectivity index (χ0v) is 11.8. The van der Waals surface area contributed by atoms with Gasteiger partial charge in [0.15, 0.2) is 5.79 Å². The highest BCUT2D eigenvalue weighted by Crippen LogP contribution is 2.28. The molecule has 0 aliphatic carbocycles. The van der Waals surface area contributed by atoms with E-state index in [4.69, 9.17) is 9.47 Å². The van der Waals surface area contributed by atoms with Crippen LogP contribution in [0.2, 0.25) is 0 Å². The van der Waals surface area contributed by atoms with Crippen LogP contribution in [0.5, 0.6) is 0 Å². The maximum absolute atomic E-state index is 5.83. The van der Waals surface area contributed by atoms with Crippen LogP contribution in [-0.2, 0) is 9.47 Å². The minimum absolute atomic E-state index is 0.483. The summed E-state index contributed by atoms with van der Waals surface area (Å²) in [5.41, 5.74) is 1.19. The van der Waals surface area contributed by atoms with Gasteiger partial charge in [-0.1, -0.05) is 62.6 Å². The highest BCUT2D eigenvalue weighted by molar-refractivity contribution is 5.49. The van der Waals surface area contributed by atoms with Crippen LogP contribution in [0, 0.1) is 0 Å². The molecule has 0 radical (unpaired) electrons. The molecule has 1 fully saturated rings. The van der Waals surface area contributed by atoms with Gasteiger partial charge in [-0.25, -0.2) is 0 Å². The van der Waals surface area contributed by atoms with Gasteiger partial charge in [-0.2, -0.15) is 0 Å². The van der Waals surface area contributed by atoms with Gasteiger partial charge in [-0.15, -0.1) is 0 Å². The molecule has 0 amide bonds. The minimum atomic E-state index is -0.483. The number of rotatable bonds is 7. The summed E-state index contributed by atoms with van der Waals surface area (Å²) >= 11 is 0. The summed E-state index contributed by atoms with van der Waals surface area (Å²) in [6.45, 7) is 3.63. The predicted molar refractivity (Wildman–Crippen MR) is 78.9 cm³/mol. The molecule has 0 spiro atoms. The molecule has 1 aromatic rings. The van der Waals surface area contributed by atoms with E-state index in [1.54, 1.807) is 0 Å². The van der Waals surface area contributed by atoms with Gasteiger partial charge < -0.3 is 9.47 Å². The molecular weight excluding hydrogens is 236 g/mol. The fourth-order valence-electron chi connectivity index (χ4n) is 2.38. The molecule has 2 nitrogen and oxygen atoms in total. The van der Waals surface area contributed by atoms with E-state index in [1.807, 2.05) is 18.2 Å². The van der Waals surface area contributed by atoms with Crippen LogP contribution in [-0.4, -0.2) is 19.0 Å². The van der Waals surface area contributed by atoms with Crippen molar-refractivity contribution in [1.82, 2.24) is 0 Å². The summed E-state index contributed by atoms with van der Waals surface area (Å²) in [6, 6.07) is 10.3. The van der Waals surface area contributed by atoms with Gasteiger partial charge in [0.2, 0.25) is 0 Å². The van der Waals surface area contributed by atoms with Gasteiger partial charge in [0, 0.05) is 6.42 Å². The lowest BCUT2D eigenvalue weighted by atomic mass is 10.0. The van der Waals surface area contributed by atoms with Crippen molar-refractivity contribution >= 4 is 6.08 Å². The molecule has 104 valence electrons. The number of hydrogen-bond acceptors (Lipinski definition) is 2. The summed E-state index contributed by atoms with van der Waals surface area (Å²) in [6.07, 6.45) is 10.1. The molecule has 2 heteroatoms. The predicted octanol–water partition coefficient (Wildman–Crippen LogP) is 4.41. The van der Waals surface area contributed by atoms with Gasteiger partial charge in [0.1, 0.15) is 0 Å². The van der Waals surface area contributed by atoms with Crippen LogP contribution in [0.15, 0.2) is 36.4 Å². The fourth-order valence-corrected chi connectivity index (χ4v) is 2.38. The molecule has 1 aromatic carbocycles. The molecule has 0 unspecified atom stereocenters. The lowest BCUT2D eigenvalue weighted by Gasteiger charge is -2.23. The van der Waals surface area contributed by atoms with Gasteiger partial charge in [-0.3, -0.25) is 0 Å². The van der Waals surface area contributed by atoms with E-state index in [0.717, 1.165) is 12.8 Å². The van der Waals surface area contributed by atoms with Crippen LogP contribution in [0.3, 0.4) is 0 Å². The molecule has 0 bridgehead atoms. The third-order valence-electron chi connectivity index (χ3n) is 3.48. The van der Waals surface area contributed by atoms with Gasteiger partial charge in [0.25, 0.3) is 0 Å². The van der Waals surface area contributed by atoms with E-state index >= 15 is 0 Å². The van der Waals surface area contributed by atoms with Crippen molar-refractivity contribution < 1.29 is 9.47 Å². The third-order valence-corrected chi connectivity index (χ3v) is 3.48. The lowest BCUT2D eigenvalue weighted by Crippen LogP contribution is -2.27. The van der Waals surface area contributed by atoms with Crippen molar-refractivity contribution in [3.8, 4) is 0 Å². The first-order valence-corrected chi connectivity index (χ1v) is 7.37. The lowest BCUT2D eigenvalue weighted by molar-refractivity contribution is -0.121. The van der Waals surface area contributed by atoms with Gasteiger partial charge >= 0.3 is 0 Å². The molecule has 0 atom stereocenters. The van der Waals surface area contributed by atoms with Crippen LogP contribution < -0.4 is 0 Å².